The number of aryl methyl sites for hydroxylation is 2. The number of pyridine rings is 1. The summed E-state index contributed by atoms with van der Waals surface area (Å²) in [5, 5.41) is 4.30. The maximum Gasteiger partial charge on any atom is 0.267 e. The van der Waals surface area contributed by atoms with E-state index in [9.17, 15) is 9.59 Å². The van der Waals surface area contributed by atoms with Crippen LogP contribution in [0.2, 0.25) is 5.02 Å². The molecule has 4 rings (SSSR count). The molecule has 0 bridgehead atoms. The fraction of sp³-hybridized carbons (Fsp3) is 0.130. The number of amides is 1. The van der Waals surface area contributed by atoms with Crippen LogP contribution in [0.15, 0.2) is 70.7 Å². The highest BCUT2D eigenvalue weighted by atomic mass is 35.5. The number of carbonyl (C=O) groups is 1. The molecule has 0 fully saturated rings. The lowest BCUT2D eigenvalue weighted by molar-refractivity contribution is -0.113. The molecule has 6 nitrogen and oxygen atoms in total. The van der Waals surface area contributed by atoms with E-state index in [2.05, 4.69) is 15.3 Å². The SMILES string of the molecule is Cc1ccc(-n2c(SCC(=O)Nc3cc(Cl)ccc3C)nc3ccccc3c2=O)nc1. The minimum absolute atomic E-state index is 0.0720. The molecule has 8 heteroatoms. The monoisotopic (exact) mass is 450 g/mol. The molecule has 2 aromatic carbocycles. The highest BCUT2D eigenvalue weighted by Crippen LogP contribution is 2.23. The van der Waals surface area contributed by atoms with Crippen LogP contribution in [0.3, 0.4) is 0 Å². The van der Waals surface area contributed by atoms with Crippen molar-refractivity contribution < 1.29 is 4.79 Å². The molecule has 0 unspecified atom stereocenters. The first-order valence-electron chi connectivity index (χ1n) is 9.56. The Kier molecular flexibility index (Phi) is 6.06. The highest BCUT2D eigenvalue weighted by molar-refractivity contribution is 7.99. The first kappa shape index (κ1) is 21.1. The van der Waals surface area contributed by atoms with Gasteiger partial charge in [-0.15, -0.1) is 0 Å². The second-order valence-corrected chi connectivity index (χ2v) is 8.42. The number of fused-ring (bicyclic) bond motifs is 1. The minimum atomic E-state index is -0.226. The Bertz CT molecular complexity index is 1340. The number of aromatic nitrogens is 3. The lowest BCUT2D eigenvalue weighted by Gasteiger charge is -2.13. The van der Waals surface area contributed by atoms with Gasteiger partial charge in [0.15, 0.2) is 5.16 Å². The summed E-state index contributed by atoms with van der Waals surface area (Å²) in [6.07, 6.45) is 1.69. The van der Waals surface area contributed by atoms with Crippen molar-refractivity contribution in [2.24, 2.45) is 0 Å². The zero-order chi connectivity index (χ0) is 22.0. The largest absolute Gasteiger partial charge is 0.325 e. The summed E-state index contributed by atoms with van der Waals surface area (Å²) in [4.78, 5) is 34.8. The molecule has 0 atom stereocenters. The predicted octanol–water partition coefficient (Wildman–Crippen LogP) is 4.78. The summed E-state index contributed by atoms with van der Waals surface area (Å²) < 4.78 is 1.45. The Balaban J connectivity index is 1.67. The summed E-state index contributed by atoms with van der Waals surface area (Å²) in [6, 6.07) is 16.1. The van der Waals surface area contributed by atoms with Crippen LogP contribution in [0, 0.1) is 13.8 Å². The molecule has 2 heterocycles. The van der Waals surface area contributed by atoms with Crippen molar-refractivity contribution in [2.75, 3.05) is 11.1 Å². The van der Waals surface area contributed by atoms with E-state index in [4.69, 9.17) is 11.6 Å². The third-order valence-corrected chi connectivity index (χ3v) is 5.85. The third-order valence-electron chi connectivity index (χ3n) is 4.68. The van der Waals surface area contributed by atoms with E-state index < -0.39 is 0 Å². The van der Waals surface area contributed by atoms with Gasteiger partial charge in [0.1, 0.15) is 5.82 Å². The number of halogens is 1. The standard InChI is InChI=1S/C23H19ClN4O2S/c1-14-7-10-20(25-12-14)28-22(30)17-5-3-4-6-18(17)27-23(28)31-13-21(29)26-19-11-16(24)9-8-15(19)2/h3-12H,13H2,1-2H3,(H,26,29). The molecule has 31 heavy (non-hydrogen) atoms. The number of hydrogen-bond donors (Lipinski definition) is 1. The second kappa shape index (κ2) is 8.91. The van der Waals surface area contributed by atoms with Crippen LogP contribution in [-0.2, 0) is 4.79 Å². The molecular weight excluding hydrogens is 432 g/mol. The van der Waals surface area contributed by atoms with Gasteiger partial charge in [0.05, 0.1) is 16.7 Å². The molecule has 2 aromatic heterocycles. The van der Waals surface area contributed by atoms with Gasteiger partial charge in [0, 0.05) is 16.9 Å². The number of para-hydroxylation sites is 1. The van der Waals surface area contributed by atoms with Gasteiger partial charge in [0.25, 0.3) is 5.56 Å². The van der Waals surface area contributed by atoms with E-state index in [1.165, 1.54) is 16.3 Å². The van der Waals surface area contributed by atoms with Crippen LogP contribution in [0.4, 0.5) is 5.69 Å². The van der Waals surface area contributed by atoms with Gasteiger partial charge in [-0.05, 0) is 55.3 Å². The second-order valence-electron chi connectivity index (χ2n) is 7.04. The van der Waals surface area contributed by atoms with E-state index in [1.54, 1.807) is 42.6 Å². The Hall–Kier alpha value is -3.16. The topological polar surface area (TPSA) is 76.9 Å². The highest BCUT2D eigenvalue weighted by Gasteiger charge is 2.16. The molecule has 1 N–H and O–H groups in total. The molecule has 4 aromatic rings. The van der Waals surface area contributed by atoms with E-state index in [1.807, 2.05) is 32.0 Å². The molecular formula is C23H19ClN4O2S. The minimum Gasteiger partial charge on any atom is -0.325 e. The van der Waals surface area contributed by atoms with E-state index in [0.717, 1.165) is 11.1 Å². The van der Waals surface area contributed by atoms with E-state index in [-0.39, 0.29) is 17.2 Å². The number of carbonyl (C=O) groups excluding carboxylic acids is 1. The van der Waals surface area contributed by atoms with E-state index in [0.29, 0.717) is 32.6 Å². The van der Waals surface area contributed by atoms with Crippen molar-refractivity contribution in [3.63, 3.8) is 0 Å². The Labute approximate surface area is 188 Å². The van der Waals surface area contributed by atoms with Crippen LogP contribution in [0.5, 0.6) is 0 Å². The molecule has 156 valence electrons. The van der Waals surface area contributed by atoms with Crippen molar-refractivity contribution in [3.05, 3.63) is 87.3 Å². The molecule has 0 spiro atoms. The number of thioether (sulfide) groups is 1. The fourth-order valence-electron chi connectivity index (χ4n) is 3.05. The first-order chi connectivity index (χ1) is 14.9. The van der Waals surface area contributed by atoms with Crippen LogP contribution in [0.25, 0.3) is 16.7 Å². The Morgan fingerprint density at radius 3 is 2.71 bits per heavy atom. The van der Waals surface area contributed by atoms with Gasteiger partial charge in [-0.25, -0.2) is 14.5 Å². The smallest absolute Gasteiger partial charge is 0.267 e. The van der Waals surface area contributed by atoms with Gasteiger partial charge in [-0.1, -0.05) is 47.6 Å². The van der Waals surface area contributed by atoms with Gasteiger partial charge < -0.3 is 5.32 Å². The number of rotatable bonds is 5. The number of nitrogens with one attached hydrogen (secondary N) is 1. The van der Waals surface area contributed by atoms with Crippen molar-refractivity contribution in [2.45, 2.75) is 19.0 Å². The number of benzene rings is 2. The average Bonchev–Trinajstić information content (AvgIpc) is 2.76. The summed E-state index contributed by atoms with van der Waals surface area (Å²) in [5.41, 5.74) is 2.89. The van der Waals surface area contributed by atoms with Gasteiger partial charge in [-0.3, -0.25) is 9.59 Å². The van der Waals surface area contributed by atoms with Gasteiger partial charge in [0.2, 0.25) is 5.91 Å². The van der Waals surface area contributed by atoms with Crippen LogP contribution in [-0.4, -0.2) is 26.2 Å². The molecule has 1 amide bonds. The lowest BCUT2D eigenvalue weighted by atomic mass is 10.2. The molecule has 0 aliphatic heterocycles. The quantitative estimate of drug-likeness (QED) is 0.349. The number of hydrogen-bond acceptors (Lipinski definition) is 5. The number of nitrogens with zero attached hydrogens (tertiary/aromatic N) is 3. The normalized spacial score (nSPS) is 10.9. The maximum atomic E-state index is 13.2. The molecule has 0 saturated heterocycles. The Morgan fingerprint density at radius 2 is 1.94 bits per heavy atom. The summed E-state index contributed by atoms with van der Waals surface area (Å²) in [7, 11) is 0. The summed E-state index contributed by atoms with van der Waals surface area (Å²) in [5.74, 6) is 0.311. The van der Waals surface area contributed by atoms with Crippen molar-refractivity contribution in [1.29, 1.82) is 0 Å². The Morgan fingerprint density at radius 1 is 1.13 bits per heavy atom. The van der Waals surface area contributed by atoms with Crippen LogP contribution in [0.1, 0.15) is 11.1 Å². The predicted molar refractivity (Wildman–Crippen MR) is 125 cm³/mol. The summed E-state index contributed by atoms with van der Waals surface area (Å²) in [6.45, 7) is 3.82. The molecule has 0 aliphatic rings. The van der Waals surface area contributed by atoms with Crippen LogP contribution >= 0.6 is 23.4 Å². The molecule has 0 aliphatic carbocycles. The van der Waals surface area contributed by atoms with Gasteiger partial charge >= 0.3 is 0 Å². The third kappa shape index (κ3) is 4.62. The fourth-order valence-corrected chi connectivity index (χ4v) is 4.02. The molecule has 0 radical (unpaired) electrons. The number of anilines is 1. The molecule has 0 saturated carbocycles. The van der Waals surface area contributed by atoms with Gasteiger partial charge in [-0.2, -0.15) is 0 Å². The maximum absolute atomic E-state index is 13.2. The first-order valence-corrected chi connectivity index (χ1v) is 10.9. The van der Waals surface area contributed by atoms with E-state index >= 15 is 0 Å². The lowest BCUT2D eigenvalue weighted by Crippen LogP contribution is -2.23. The zero-order valence-corrected chi connectivity index (χ0v) is 18.5. The van der Waals surface area contributed by atoms with Crippen LogP contribution < -0.4 is 10.9 Å². The zero-order valence-electron chi connectivity index (χ0n) is 16.9. The summed E-state index contributed by atoms with van der Waals surface area (Å²) >= 11 is 7.21. The van der Waals surface area contributed by atoms with Crippen molar-refractivity contribution in [3.8, 4) is 5.82 Å². The van der Waals surface area contributed by atoms with Crippen molar-refractivity contribution in [1.82, 2.24) is 14.5 Å². The van der Waals surface area contributed by atoms with Crippen molar-refractivity contribution >= 4 is 45.9 Å². The average molecular weight is 451 g/mol.